The normalized spacial score (nSPS) is 14.4. The average molecular weight is 368 g/mol. The number of hydrogen-bond donors (Lipinski definition) is 2. The van der Waals surface area contributed by atoms with Crippen molar-refractivity contribution in [3.05, 3.63) is 64.5 Å². The van der Waals surface area contributed by atoms with Gasteiger partial charge in [-0.3, -0.25) is 9.78 Å². The smallest absolute Gasteiger partial charge is 0.408 e. The molecule has 0 atom stereocenters. The largest absolute Gasteiger partial charge is 0.417 e. The molecule has 0 aliphatic carbocycles. The molecular formula is C19H17FN4O3. The van der Waals surface area contributed by atoms with Crippen molar-refractivity contribution in [2.45, 2.75) is 12.8 Å². The predicted octanol–water partition coefficient (Wildman–Crippen LogP) is 2.82. The van der Waals surface area contributed by atoms with Gasteiger partial charge in [0, 0.05) is 30.9 Å². The van der Waals surface area contributed by atoms with E-state index >= 15 is 0 Å². The van der Waals surface area contributed by atoms with Gasteiger partial charge in [0.2, 0.25) is 5.91 Å². The SMILES string of the molecule is O=C(C=C1CCN(c2ccc(F)cn2)CC1)Nc1ccc2[nH]c(=O)oc2c1. The molecule has 8 heteroatoms. The minimum atomic E-state index is -0.530. The van der Waals surface area contributed by atoms with Crippen LogP contribution < -0.4 is 16.0 Å². The maximum Gasteiger partial charge on any atom is 0.417 e. The van der Waals surface area contributed by atoms with Crippen molar-refractivity contribution in [3.8, 4) is 0 Å². The fraction of sp³-hybridized carbons (Fsp3) is 0.211. The Balaban J connectivity index is 1.37. The Bertz CT molecular complexity index is 1060. The van der Waals surface area contributed by atoms with Gasteiger partial charge in [-0.2, -0.15) is 0 Å². The molecule has 1 aliphatic rings. The number of benzene rings is 1. The van der Waals surface area contributed by atoms with Crippen LogP contribution in [0.4, 0.5) is 15.9 Å². The van der Waals surface area contributed by atoms with Gasteiger partial charge in [0.15, 0.2) is 5.58 Å². The zero-order chi connectivity index (χ0) is 18.8. The molecule has 0 radical (unpaired) electrons. The number of amides is 1. The van der Waals surface area contributed by atoms with Crippen LogP contribution in [0, 0.1) is 5.82 Å². The number of oxazole rings is 1. The summed E-state index contributed by atoms with van der Waals surface area (Å²) >= 11 is 0. The summed E-state index contributed by atoms with van der Waals surface area (Å²) in [6.45, 7) is 1.44. The molecule has 1 fully saturated rings. The Hall–Kier alpha value is -3.42. The first-order valence-electron chi connectivity index (χ1n) is 8.57. The highest BCUT2D eigenvalue weighted by Crippen LogP contribution is 2.22. The van der Waals surface area contributed by atoms with Crippen LogP contribution in [-0.2, 0) is 4.79 Å². The zero-order valence-corrected chi connectivity index (χ0v) is 14.4. The highest BCUT2D eigenvalue weighted by atomic mass is 19.1. The van der Waals surface area contributed by atoms with Crippen molar-refractivity contribution in [2.24, 2.45) is 0 Å². The molecule has 0 unspecified atom stereocenters. The number of carbonyl (C=O) groups is 1. The highest BCUT2D eigenvalue weighted by molar-refractivity contribution is 6.00. The molecule has 3 aromatic rings. The second-order valence-electron chi connectivity index (χ2n) is 6.34. The van der Waals surface area contributed by atoms with Crippen LogP contribution in [0.5, 0.6) is 0 Å². The maximum atomic E-state index is 13.0. The Morgan fingerprint density at radius 2 is 2.07 bits per heavy atom. The van der Waals surface area contributed by atoms with E-state index in [9.17, 15) is 14.0 Å². The van der Waals surface area contributed by atoms with E-state index in [1.165, 1.54) is 12.3 Å². The summed E-state index contributed by atoms with van der Waals surface area (Å²) in [5, 5.41) is 2.78. The van der Waals surface area contributed by atoms with Crippen LogP contribution in [0.2, 0.25) is 0 Å². The molecule has 0 spiro atoms. The number of hydrogen-bond acceptors (Lipinski definition) is 5. The van der Waals surface area contributed by atoms with Crippen molar-refractivity contribution in [1.29, 1.82) is 0 Å². The second kappa shape index (κ2) is 7.06. The van der Waals surface area contributed by atoms with Crippen LogP contribution in [-0.4, -0.2) is 29.0 Å². The first kappa shape index (κ1) is 17.0. The van der Waals surface area contributed by atoms with Gasteiger partial charge in [-0.15, -0.1) is 0 Å². The number of rotatable bonds is 3. The topological polar surface area (TPSA) is 91.2 Å². The quantitative estimate of drug-likeness (QED) is 0.694. The molecule has 0 bridgehead atoms. The van der Waals surface area contributed by atoms with Gasteiger partial charge in [0.1, 0.15) is 11.6 Å². The van der Waals surface area contributed by atoms with Crippen molar-refractivity contribution in [3.63, 3.8) is 0 Å². The Morgan fingerprint density at radius 1 is 1.26 bits per heavy atom. The number of pyridine rings is 1. The fourth-order valence-corrected chi connectivity index (χ4v) is 3.11. The van der Waals surface area contributed by atoms with Crippen molar-refractivity contribution >= 4 is 28.5 Å². The zero-order valence-electron chi connectivity index (χ0n) is 14.4. The number of nitrogens with zero attached hydrogens (tertiary/aromatic N) is 2. The molecule has 138 valence electrons. The molecular weight excluding hydrogens is 351 g/mol. The third-order valence-corrected chi connectivity index (χ3v) is 4.47. The van der Waals surface area contributed by atoms with E-state index in [-0.39, 0.29) is 11.7 Å². The highest BCUT2D eigenvalue weighted by Gasteiger charge is 2.16. The van der Waals surface area contributed by atoms with E-state index in [1.807, 2.05) is 0 Å². The fourth-order valence-electron chi connectivity index (χ4n) is 3.11. The predicted molar refractivity (Wildman–Crippen MR) is 99.2 cm³/mol. The van der Waals surface area contributed by atoms with E-state index in [2.05, 4.69) is 20.2 Å². The summed E-state index contributed by atoms with van der Waals surface area (Å²) in [4.78, 5) is 32.1. The maximum absolute atomic E-state index is 13.0. The number of aromatic nitrogens is 2. The van der Waals surface area contributed by atoms with E-state index in [0.717, 1.165) is 37.3 Å². The average Bonchev–Trinajstić information content (AvgIpc) is 3.02. The first-order chi connectivity index (χ1) is 13.1. The van der Waals surface area contributed by atoms with Crippen molar-refractivity contribution in [1.82, 2.24) is 9.97 Å². The van der Waals surface area contributed by atoms with Gasteiger partial charge < -0.3 is 14.6 Å². The monoisotopic (exact) mass is 368 g/mol. The lowest BCUT2D eigenvalue weighted by atomic mass is 10.0. The third kappa shape index (κ3) is 3.89. The number of fused-ring (bicyclic) bond motifs is 1. The van der Waals surface area contributed by atoms with Gasteiger partial charge in [0.25, 0.3) is 0 Å². The third-order valence-electron chi connectivity index (χ3n) is 4.47. The van der Waals surface area contributed by atoms with Crippen LogP contribution >= 0.6 is 0 Å². The van der Waals surface area contributed by atoms with Gasteiger partial charge in [-0.1, -0.05) is 5.57 Å². The molecule has 3 heterocycles. The van der Waals surface area contributed by atoms with Crippen molar-refractivity contribution in [2.75, 3.05) is 23.3 Å². The summed E-state index contributed by atoms with van der Waals surface area (Å²) < 4.78 is 18.0. The molecule has 1 saturated heterocycles. The van der Waals surface area contributed by atoms with E-state index in [1.54, 1.807) is 30.3 Å². The number of carbonyl (C=O) groups excluding carboxylic acids is 1. The molecule has 7 nitrogen and oxygen atoms in total. The van der Waals surface area contributed by atoms with E-state index < -0.39 is 5.76 Å². The lowest BCUT2D eigenvalue weighted by Crippen LogP contribution is -2.31. The Labute approximate surface area is 153 Å². The Morgan fingerprint density at radius 3 is 2.81 bits per heavy atom. The number of aromatic amines is 1. The summed E-state index contributed by atoms with van der Waals surface area (Å²) in [5.74, 6) is -0.375. The number of piperidine rings is 1. The summed E-state index contributed by atoms with van der Waals surface area (Å²) in [5.41, 5.74) is 2.57. The minimum Gasteiger partial charge on any atom is -0.408 e. The van der Waals surface area contributed by atoms with Gasteiger partial charge in [-0.05, 0) is 37.1 Å². The second-order valence-corrected chi connectivity index (χ2v) is 6.34. The van der Waals surface area contributed by atoms with Gasteiger partial charge in [0.05, 0.1) is 11.7 Å². The van der Waals surface area contributed by atoms with Crippen LogP contribution in [0.3, 0.4) is 0 Å². The van der Waals surface area contributed by atoms with Crippen LogP contribution in [0.15, 0.2) is 57.4 Å². The summed E-state index contributed by atoms with van der Waals surface area (Å²) in [7, 11) is 0. The number of halogens is 1. The first-order valence-corrected chi connectivity index (χ1v) is 8.57. The van der Waals surface area contributed by atoms with Gasteiger partial charge >= 0.3 is 5.76 Å². The lowest BCUT2D eigenvalue weighted by molar-refractivity contribution is -0.112. The van der Waals surface area contributed by atoms with Gasteiger partial charge in [-0.25, -0.2) is 14.2 Å². The molecule has 1 aliphatic heterocycles. The molecule has 27 heavy (non-hydrogen) atoms. The standard InChI is InChI=1S/C19H17FN4O3/c20-13-1-4-17(21-11-13)24-7-5-12(6-8-24)9-18(25)22-14-2-3-15-16(10-14)27-19(26)23-15/h1-4,9-11H,5-8H2,(H,22,25)(H,23,26). The summed E-state index contributed by atoms with van der Waals surface area (Å²) in [6.07, 6.45) is 4.28. The summed E-state index contributed by atoms with van der Waals surface area (Å²) in [6, 6.07) is 8.04. The molecule has 0 saturated carbocycles. The number of anilines is 2. The molecule has 4 rings (SSSR count). The number of nitrogens with one attached hydrogen (secondary N) is 2. The van der Waals surface area contributed by atoms with Crippen LogP contribution in [0.1, 0.15) is 12.8 Å². The lowest BCUT2D eigenvalue weighted by Gasteiger charge is -2.29. The molecule has 1 amide bonds. The minimum absolute atomic E-state index is 0.226. The van der Waals surface area contributed by atoms with Crippen molar-refractivity contribution < 1.29 is 13.6 Å². The van der Waals surface area contributed by atoms with E-state index in [4.69, 9.17) is 4.42 Å². The molecule has 1 aromatic carbocycles. The molecule has 2 aromatic heterocycles. The van der Waals surface area contributed by atoms with E-state index in [0.29, 0.717) is 16.8 Å². The molecule has 2 N–H and O–H groups in total. The Kier molecular flexibility index (Phi) is 4.45. The number of H-pyrrole nitrogens is 1. The van der Waals surface area contributed by atoms with Crippen LogP contribution in [0.25, 0.3) is 11.1 Å².